The van der Waals surface area contributed by atoms with Gasteiger partial charge in [0.2, 0.25) is 0 Å². The summed E-state index contributed by atoms with van der Waals surface area (Å²) in [5, 5.41) is 2.92. The number of nitrogens with one attached hydrogen (secondary N) is 1. The molecule has 2 rings (SSSR count). The van der Waals surface area contributed by atoms with E-state index in [1.165, 1.54) is 12.8 Å². The molecule has 1 aromatic rings. The molecule has 1 N–H and O–H groups in total. The minimum Gasteiger partial charge on any atom is -0.444 e. The van der Waals surface area contributed by atoms with Crippen molar-refractivity contribution >= 4 is 21.8 Å². The molecule has 0 radical (unpaired) electrons. The molecular weight excluding hydrogens is 246 g/mol. The summed E-state index contributed by atoms with van der Waals surface area (Å²) >= 11 is 3.16. The predicted molar refractivity (Wildman–Crippen MR) is 56.1 cm³/mol. The second-order valence-corrected chi connectivity index (χ2v) is 4.48. The Bertz CT molecular complexity index is 344. The van der Waals surface area contributed by atoms with E-state index in [1.807, 2.05) is 6.92 Å². The average Bonchev–Trinajstić information content (AvgIpc) is 2.89. The summed E-state index contributed by atoms with van der Waals surface area (Å²) in [7, 11) is 0. The highest BCUT2D eigenvalue weighted by Gasteiger charge is 2.29. The van der Waals surface area contributed by atoms with Crippen LogP contribution in [0.2, 0.25) is 0 Å². The Balaban J connectivity index is 1.94. The molecule has 1 unspecified atom stereocenters. The van der Waals surface area contributed by atoms with Crippen LogP contribution < -0.4 is 5.32 Å². The lowest BCUT2D eigenvalue weighted by atomic mass is 10.2. The first-order chi connectivity index (χ1) is 6.66. The molecule has 0 bridgehead atoms. The van der Waals surface area contributed by atoms with Crippen molar-refractivity contribution in [3.8, 4) is 0 Å². The van der Waals surface area contributed by atoms with E-state index in [1.54, 1.807) is 12.1 Å². The minimum atomic E-state index is -0.130. The lowest BCUT2D eigenvalue weighted by Crippen LogP contribution is -2.33. The molecule has 1 heterocycles. The first-order valence-corrected chi connectivity index (χ1v) is 5.52. The summed E-state index contributed by atoms with van der Waals surface area (Å²) in [4.78, 5) is 11.6. The number of carbonyl (C=O) groups excluding carboxylic acids is 1. The van der Waals surface area contributed by atoms with E-state index in [0.717, 1.165) is 0 Å². The molecule has 1 aromatic heterocycles. The maximum absolute atomic E-state index is 11.6. The van der Waals surface area contributed by atoms with Gasteiger partial charge in [-0.05, 0) is 53.7 Å². The quantitative estimate of drug-likeness (QED) is 0.905. The second-order valence-electron chi connectivity index (χ2n) is 3.70. The molecule has 1 aliphatic carbocycles. The van der Waals surface area contributed by atoms with Crippen molar-refractivity contribution in [3.63, 3.8) is 0 Å². The summed E-state index contributed by atoms with van der Waals surface area (Å²) in [5.74, 6) is 0.900. The van der Waals surface area contributed by atoms with Crippen LogP contribution in [0.15, 0.2) is 21.2 Å². The Hall–Kier alpha value is -0.770. The fraction of sp³-hybridized carbons (Fsp3) is 0.500. The third kappa shape index (κ3) is 2.18. The number of halogens is 1. The zero-order chi connectivity index (χ0) is 10.1. The Kier molecular flexibility index (Phi) is 2.63. The SMILES string of the molecule is CC(NC(=O)c1ccc(Br)o1)C1CC1. The van der Waals surface area contributed by atoms with Crippen molar-refractivity contribution in [3.05, 3.63) is 22.6 Å². The van der Waals surface area contributed by atoms with E-state index < -0.39 is 0 Å². The van der Waals surface area contributed by atoms with E-state index in [0.29, 0.717) is 16.3 Å². The maximum Gasteiger partial charge on any atom is 0.287 e. The first-order valence-electron chi connectivity index (χ1n) is 4.73. The van der Waals surface area contributed by atoms with Crippen LogP contribution in [0.25, 0.3) is 0 Å². The number of furan rings is 1. The van der Waals surface area contributed by atoms with Crippen molar-refractivity contribution in [1.82, 2.24) is 5.32 Å². The average molecular weight is 258 g/mol. The summed E-state index contributed by atoms with van der Waals surface area (Å²) in [6.45, 7) is 2.04. The van der Waals surface area contributed by atoms with Crippen LogP contribution in [0.4, 0.5) is 0 Å². The standard InChI is InChI=1S/C10H12BrNO2/c1-6(7-2-3-7)12-10(13)8-4-5-9(11)14-8/h4-7H,2-3H2,1H3,(H,12,13). The molecule has 0 saturated heterocycles. The highest BCUT2D eigenvalue weighted by molar-refractivity contribution is 9.10. The van der Waals surface area contributed by atoms with Gasteiger partial charge >= 0.3 is 0 Å². The van der Waals surface area contributed by atoms with Gasteiger partial charge in [0.25, 0.3) is 5.91 Å². The van der Waals surface area contributed by atoms with Gasteiger partial charge in [-0.25, -0.2) is 0 Å². The van der Waals surface area contributed by atoms with Gasteiger partial charge in [-0.15, -0.1) is 0 Å². The van der Waals surface area contributed by atoms with Crippen LogP contribution in [0.5, 0.6) is 0 Å². The van der Waals surface area contributed by atoms with Gasteiger partial charge in [-0.3, -0.25) is 4.79 Å². The van der Waals surface area contributed by atoms with Gasteiger partial charge in [-0.2, -0.15) is 0 Å². The Morgan fingerprint density at radius 2 is 2.36 bits per heavy atom. The first kappa shape index (κ1) is 9.77. The zero-order valence-corrected chi connectivity index (χ0v) is 9.50. The van der Waals surface area contributed by atoms with E-state index in [2.05, 4.69) is 21.2 Å². The van der Waals surface area contributed by atoms with Gasteiger partial charge in [0, 0.05) is 6.04 Å². The summed E-state index contributed by atoms with van der Waals surface area (Å²) in [6.07, 6.45) is 2.45. The zero-order valence-electron chi connectivity index (χ0n) is 7.92. The number of amides is 1. The van der Waals surface area contributed by atoms with Crippen LogP contribution >= 0.6 is 15.9 Å². The molecule has 1 atom stereocenters. The molecule has 0 aliphatic heterocycles. The number of hydrogen-bond acceptors (Lipinski definition) is 2. The van der Waals surface area contributed by atoms with E-state index in [4.69, 9.17) is 4.42 Å². The van der Waals surface area contributed by atoms with E-state index in [-0.39, 0.29) is 11.9 Å². The third-order valence-corrected chi connectivity index (χ3v) is 2.91. The largest absolute Gasteiger partial charge is 0.444 e. The smallest absolute Gasteiger partial charge is 0.287 e. The van der Waals surface area contributed by atoms with Crippen molar-refractivity contribution in [2.45, 2.75) is 25.8 Å². The van der Waals surface area contributed by atoms with Crippen molar-refractivity contribution < 1.29 is 9.21 Å². The molecule has 4 heteroatoms. The Morgan fingerprint density at radius 1 is 1.64 bits per heavy atom. The minimum absolute atomic E-state index is 0.130. The molecule has 1 fully saturated rings. The van der Waals surface area contributed by atoms with Crippen molar-refractivity contribution in [2.24, 2.45) is 5.92 Å². The summed E-state index contributed by atoms with van der Waals surface area (Å²) in [6, 6.07) is 3.64. The fourth-order valence-electron chi connectivity index (χ4n) is 1.43. The second kappa shape index (κ2) is 3.77. The molecule has 3 nitrogen and oxygen atoms in total. The molecule has 1 saturated carbocycles. The van der Waals surface area contributed by atoms with Gasteiger partial charge < -0.3 is 9.73 Å². The van der Waals surface area contributed by atoms with Gasteiger partial charge in [0.15, 0.2) is 10.4 Å². The summed E-state index contributed by atoms with van der Waals surface area (Å²) < 4.78 is 5.74. The maximum atomic E-state index is 11.6. The van der Waals surface area contributed by atoms with Gasteiger partial charge in [0.05, 0.1) is 0 Å². The molecule has 1 amide bonds. The monoisotopic (exact) mass is 257 g/mol. The van der Waals surface area contributed by atoms with Crippen LogP contribution in [0, 0.1) is 5.92 Å². The van der Waals surface area contributed by atoms with Crippen molar-refractivity contribution in [2.75, 3.05) is 0 Å². The molecule has 14 heavy (non-hydrogen) atoms. The molecule has 0 aromatic carbocycles. The van der Waals surface area contributed by atoms with Crippen molar-refractivity contribution in [1.29, 1.82) is 0 Å². The number of carbonyl (C=O) groups is 1. The van der Waals surface area contributed by atoms with E-state index in [9.17, 15) is 4.79 Å². The van der Waals surface area contributed by atoms with Crippen LogP contribution in [-0.2, 0) is 0 Å². The lowest BCUT2D eigenvalue weighted by Gasteiger charge is -2.10. The summed E-state index contributed by atoms with van der Waals surface area (Å²) in [5.41, 5.74) is 0. The number of rotatable bonds is 3. The highest BCUT2D eigenvalue weighted by atomic mass is 79.9. The van der Waals surface area contributed by atoms with Crippen LogP contribution in [-0.4, -0.2) is 11.9 Å². The number of hydrogen-bond donors (Lipinski definition) is 1. The van der Waals surface area contributed by atoms with Crippen LogP contribution in [0.3, 0.4) is 0 Å². The molecular formula is C10H12BrNO2. The lowest BCUT2D eigenvalue weighted by molar-refractivity contribution is 0.0906. The topological polar surface area (TPSA) is 42.2 Å². The molecule has 76 valence electrons. The predicted octanol–water partition coefficient (Wildman–Crippen LogP) is 2.57. The van der Waals surface area contributed by atoms with Gasteiger partial charge in [0.1, 0.15) is 0 Å². The Labute approximate surface area is 91.0 Å². The Morgan fingerprint density at radius 3 is 2.86 bits per heavy atom. The van der Waals surface area contributed by atoms with Crippen LogP contribution in [0.1, 0.15) is 30.3 Å². The van der Waals surface area contributed by atoms with E-state index >= 15 is 0 Å². The highest BCUT2D eigenvalue weighted by Crippen LogP contribution is 2.32. The molecule has 1 aliphatic rings. The molecule has 0 spiro atoms. The normalized spacial score (nSPS) is 17.9. The fourth-order valence-corrected chi connectivity index (χ4v) is 1.73. The van der Waals surface area contributed by atoms with Gasteiger partial charge in [-0.1, -0.05) is 0 Å². The third-order valence-electron chi connectivity index (χ3n) is 2.48.